The monoisotopic (exact) mass is 525 g/mol. The first-order valence-electron chi connectivity index (χ1n) is 10.4. The minimum absolute atomic E-state index is 0.123. The number of benzene rings is 1. The lowest BCUT2D eigenvalue weighted by Gasteiger charge is -2.33. The second-order valence-electron chi connectivity index (χ2n) is 7.70. The number of nitrogens with two attached hydrogens (primary N) is 1. The summed E-state index contributed by atoms with van der Waals surface area (Å²) in [5.41, 5.74) is 0.819. The van der Waals surface area contributed by atoms with E-state index in [0.29, 0.717) is 12.1 Å². The van der Waals surface area contributed by atoms with E-state index in [2.05, 4.69) is 15.4 Å². The van der Waals surface area contributed by atoms with Crippen LogP contribution in [0.3, 0.4) is 0 Å². The van der Waals surface area contributed by atoms with Crippen LogP contribution >= 0.6 is 11.6 Å². The molecule has 1 aromatic carbocycles. The highest BCUT2D eigenvalue weighted by atomic mass is 35.5. The average Bonchev–Trinajstić information content (AvgIpc) is 2.77. The van der Waals surface area contributed by atoms with Gasteiger partial charge >= 0.3 is 18.1 Å². The molecule has 0 saturated heterocycles. The number of rotatable bonds is 9. The molecule has 0 spiro atoms. The Morgan fingerprint density at radius 2 is 1.83 bits per heavy atom. The van der Waals surface area contributed by atoms with Crippen molar-refractivity contribution in [3.63, 3.8) is 0 Å². The van der Waals surface area contributed by atoms with E-state index in [0.717, 1.165) is 7.11 Å². The number of nitrogens with one attached hydrogen (secondary N) is 2. The number of hydrogen-bond donors (Lipinski definition) is 3. The largest absolute Gasteiger partial charge is 0.466 e. The lowest BCUT2D eigenvalue weighted by atomic mass is 9.77. The number of allylic oxidation sites excluding steroid dienone is 1. The van der Waals surface area contributed by atoms with E-state index in [-0.39, 0.29) is 25.3 Å². The second-order valence-corrected chi connectivity index (χ2v) is 8.11. The van der Waals surface area contributed by atoms with Gasteiger partial charge in [0.1, 0.15) is 12.5 Å². The van der Waals surface area contributed by atoms with Gasteiger partial charge in [-0.2, -0.15) is 13.2 Å². The van der Waals surface area contributed by atoms with Gasteiger partial charge < -0.3 is 25.8 Å². The highest BCUT2D eigenvalue weighted by Crippen LogP contribution is 2.47. The van der Waals surface area contributed by atoms with Crippen LogP contribution in [0.2, 0.25) is 5.02 Å². The number of esters is 2. The van der Waals surface area contributed by atoms with Crippen LogP contribution in [0.15, 0.2) is 34.7 Å². The summed E-state index contributed by atoms with van der Waals surface area (Å²) in [4.78, 5) is 25.9. The molecule has 1 atom stereocenters. The van der Waals surface area contributed by atoms with E-state index < -0.39 is 75.6 Å². The van der Waals surface area contributed by atoms with Crippen LogP contribution in [0.1, 0.15) is 30.9 Å². The maximum Gasteiger partial charge on any atom is 0.418 e. The third-order valence-electron chi connectivity index (χ3n) is 4.97. The van der Waals surface area contributed by atoms with Crippen LogP contribution < -0.4 is 16.4 Å². The summed E-state index contributed by atoms with van der Waals surface area (Å²) in [5.74, 6) is -5.89. The van der Waals surface area contributed by atoms with Crippen LogP contribution in [0.4, 0.5) is 22.0 Å². The number of carbonyl (C=O) groups is 2. The van der Waals surface area contributed by atoms with Gasteiger partial charge in [-0.15, -0.1) is 0 Å². The number of alkyl halides is 4. The molecule has 1 aliphatic rings. The van der Waals surface area contributed by atoms with Crippen LogP contribution in [0, 0.1) is 5.82 Å². The molecule has 0 aromatic heterocycles. The summed E-state index contributed by atoms with van der Waals surface area (Å²) in [7, 11) is 0.912. The molecule has 13 heteroatoms. The maximum absolute atomic E-state index is 15.2. The third kappa shape index (κ3) is 6.30. The molecule has 0 aliphatic carbocycles. The van der Waals surface area contributed by atoms with E-state index in [9.17, 15) is 27.2 Å². The van der Waals surface area contributed by atoms with Crippen molar-refractivity contribution in [2.75, 3.05) is 33.4 Å². The van der Waals surface area contributed by atoms with Crippen molar-refractivity contribution < 1.29 is 41.0 Å². The average molecular weight is 526 g/mol. The first-order chi connectivity index (χ1) is 16.4. The Kier molecular flexibility index (Phi) is 9.64. The minimum atomic E-state index is -5.19. The molecule has 0 saturated carbocycles. The summed E-state index contributed by atoms with van der Waals surface area (Å²) >= 11 is 5.82. The number of methoxy groups -OCH3 is 1. The van der Waals surface area contributed by atoms with Gasteiger partial charge in [0.05, 0.1) is 46.6 Å². The molecule has 1 aromatic rings. The van der Waals surface area contributed by atoms with Crippen LogP contribution in [0.5, 0.6) is 0 Å². The summed E-state index contributed by atoms with van der Waals surface area (Å²) in [6.45, 7) is 1.79. The number of ether oxygens (including phenoxy) is 2. The molecule has 1 heterocycles. The Labute approximate surface area is 203 Å². The Morgan fingerprint density at radius 3 is 2.34 bits per heavy atom. The van der Waals surface area contributed by atoms with Crippen molar-refractivity contribution in [2.45, 2.75) is 32.0 Å². The first kappa shape index (κ1) is 28.5. The SMILES string of the molecule is COC(=O)C1=C(CF)NC(CNCCN)=C(C(=O)OC(C)C)C1c1c(F)ccc(Cl)c1C(F)(F)F. The summed E-state index contributed by atoms with van der Waals surface area (Å²) in [6, 6.07) is 1.36. The van der Waals surface area contributed by atoms with E-state index >= 15 is 4.39 Å². The van der Waals surface area contributed by atoms with Gasteiger partial charge in [0.25, 0.3) is 0 Å². The Bertz CT molecular complexity index is 1040. The number of dihydropyridines is 1. The molecular formula is C22H25ClF5N3O4. The standard InChI is InChI=1S/C22H25ClF5N3O4/c1-10(2)35-21(33)17-14(9-30-7-6-29)31-13(8-24)16(20(32)34-3)18(17)15-12(25)5-4-11(23)19(15)22(26,27)28/h4-5,10,18,30-31H,6-9,29H2,1-3H3. The minimum Gasteiger partial charge on any atom is -0.466 e. The van der Waals surface area contributed by atoms with Gasteiger partial charge in [-0.1, -0.05) is 11.6 Å². The predicted molar refractivity (Wildman–Crippen MR) is 117 cm³/mol. The lowest BCUT2D eigenvalue weighted by molar-refractivity contribution is -0.144. The topological polar surface area (TPSA) is 103 Å². The van der Waals surface area contributed by atoms with Crippen molar-refractivity contribution in [1.29, 1.82) is 0 Å². The molecular weight excluding hydrogens is 501 g/mol. The lowest BCUT2D eigenvalue weighted by Crippen LogP contribution is -2.40. The molecule has 2 rings (SSSR count). The molecule has 0 fully saturated rings. The Balaban J connectivity index is 3.00. The zero-order valence-electron chi connectivity index (χ0n) is 19.1. The quantitative estimate of drug-likeness (QED) is 0.258. The molecule has 4 N–H and O–H groups in total. The van der Waals surface area contributed by atoms with E-state index in [1.807, 2.05) is 0 Å². The van der Waals surface area contributed by atoms with Gasteiger partial charge in [-0.05, 0) is 26.0 Å². The molecule has 0 radical (unpaired) electrons. The molecule has 7 nitrogen and oxygen atoms in total. The Morgan fingerprint density at radius 1 is 1.20 bits per heavy atom. The van der Waals surface area contributed by atoms with E-state index in [1.54, 1.807) is 0 Å². The number of hydrogen-bond acceptors (Lipinski definition) is 7. The fourth-order valence-electron chi connectivity index (χ4n) is 3.67. The van der Waals surface area contributed by atoms with Crippen molar-refractivity contribution in [3.05, 3.63) is 56.6 Å². The summed E-state index contributed by atoms with van der Waals surface area (Å²) in [6.07, 6.45) is -5.92. The third-order valence-corrected chi connectivity index (χ3v) is 5.28. The van der Waals surface area contributed by atoms with E-state index in [1.165, 1.54) is 13.8 Å². The molecule has 35 heavy (non-hydrogen) atoms. The molecule has 194 valence electrons. The Hall–Kier alpha value is -2.70. The molecule has 1 aliphatic heterocycles. The first-order valence-corrected chi connectivity index (χ1v) is 10.8. The van der Waals surface area contributed by atoms with Crippen molar-refractivity contribution in [1.82, 2.24) is 10.6 Å². The number of halogens is 6. The van der Waals surface area contributed by atoms with Crippen molar-refractivity contribution in [3.8, 4) is 0 Å². The molecule has 0 bridgehead atoms. The van der Waals surface area contributed by atoms with Gasteiger partial charge in [0.15, 0.2) is 0 Å². The van der Waals surface area contributed by atoms with Crippen LogP contribution in [-0.2, 0) is 25.2 Å². The predicted octanol–water partition coefficient (Wildman–Crippen LogP) is 3.34. The summed E-state index contributed by atoms with van der Waals surface area (Å²) in [5, 5.41) is 4.52. The fourth-order valence-corrected chi connectivity index (χ4v) is 3.94. The highest BCUT2D eigenvalue weighted by Gasteiger charge is 2.47. The zero-order valence-corrected chi connectivity index (χ0v) is 19.9. The van der Waals surface area contributed by atoms with Gasteiger partial charge in [0, 0.05) is 30.9 Å². The van der Waals surface area contributed by atoms with Crippen LogP contribution in [0.25, 0.3) is 0 Å². The highest BCUT2D eigenvalue weighted by molar-refractivity contribution is 6.31. The van der Waals surface area contributed by atoms with Crippen molar-refractivity contribution in [2.24, 2.45) is 5.73 Å². The smallest absolute Gasteiger partial charge is 0.418 e. The van der Waals surface area contributed by atoms with Gasteiger partial charge in [0.2, 0.25) is 0 Å². The van der Waals surface area contributed by atoms with E-state index in [4.69, 9.17) is 22.1 Å². The maximum atomic E-state index is 15.2. The van der Waals surface area contributed by atoms with Crippen LogP contribution in [-0.4, -0.2) is 51.5 Å². The molecule has 1 unspecified atom stereocenters. The normalized spacial score (nSPS) is 16.5. The molecule has 0 amide bonds. The van der Waals surface area contributed by atoms with Gasteiger partial charge in [-0.3, -0.25) is 0 Å². The fraction of sp³-hybridized carbons (Fsp3) is 0.455. The zero-order chi connectivity index (χ0) is 26.5. The number of carbonyl (C=O) groups excluding carboxylic acids is 2. The second kappa shape index (κ2) is 11.8. The van der Waals surface area contributed by atoms with Gasteiger partial charge in [-0.25, -0.2) is 18.4 Å². The van der Waals surface area contributed by atoms with Crippen molar-refractivity contribution >= 4 is 23.5 Å². The summed E-state index contributed by atoms with van der Waals surface area (Å²) < 4.78 is 81.4.